The quantitative estimate of drug-likeness (QED) is 0.862. The van der Waals surface area contributed by atoms with Crippen molar-refractivity contribution in [2.45, 2.75) is 19.3 Å². The van der Waals surface area contributed by atoms with Crippen LogP contribution in [0.1, 0.15) is 24.0 Å². The van der Waals surface area contributed by atoms with Gasteiger partial charge in [-0.2, -0.15) is 0 Å². The van der Waals surface area contributed by atoms with Crippen molar-refractivity contribution in [1.82, 2.24) is 0 Å². The van der Waals surface area contributed by atoms with Gasteiger partial charge in [-0.05, 0) is 43.1 Å². The lowest BCUT2D eigenvalue weighted by atomic mass is 9.91. The molecule has 0 heterocycles. The minimum atomic E-state index is 0.261. The molecule has 0 aromatic heterocycles. The normalized spacial score (nSPS) is 12.2. The van der Waals surface area contributed by atoms with Crippen LogP contribution >= 0.6 is 15.9 Å². The van der Waals surface area contributed by atoms with E-state index in [9.17, 15) is 0 Å². The van der Waals surface area contributed by atoms with Crippen molar-refractivity contribution in [2.24, 2.45) is 5.73 Å². The summed E-state index contributed by atoms with van der Waals surface area (Å²) in [6.45, 7) is 3.27. The van der Waals surface area contributed by atoms with Gasteiger partial charge in [-0.15, -0.1) is 0 Å². The van der Waals surface area contributed by atoms with Gasteiger partial charge in [0.15, 0.2) is 0 Å². The first-order valence-corrected chi connectivity index (χ1v) is 7.70. The summed E-state index contributed by atoms with van der Waals surface area (Å²) in [6, 6.07) is 16.5. The predicted molar refractivity (Wildman–Crippen MR) is 87.3 cm³/mol. The van der Waals surface area contributed by atoms with Crippen LogP contribution in [0.15, 0.2) is 53.0 Å². The highest BCUT2D eigenvalue weighted by atomic mass is 79.9. The van der Waals surface area contributed by atoms with Crippen LogP contribution in [0.25, 0.3) is 0 Å². The first kappa shape index (κ1) is 15.1. The average molecular weight is 334 g/mol. The SMILES string of the molecule is CCOc1ccccc1C(CN)Cc1ccccc1Br. The zero-order valence-corrected chi connectivity index (χ0v) is 13.3. The summed E-state index contributed by atoms with van der Waals surface area (Å²) in [6.07, 6.45) is 0.905. The van der Waals surface area contributed by atoms with Gasteiger partial charge in [0.25, 0.3) is 0 Å². The van der Waals surface area contributed by atoms with E-state index < -0.39 is 0 Å². The van der Waals surface area contributed by atoms with Crippen LogP contribution in [0.2, 0.25) is 0 Å². The molecule has 3 heteroatoms. The van der Waals surface area contributed by atoms with Crippen LogP contribution in [0, 0.1) is 0 Å². The Balaban J connectivity index is 2.27. The Morgan fingerprint density at radius 2 is 1.80 bits per heavy atom. The Hall–Kier alpha value is -1.32. The van der Waals surface area contributed by atoms with Crippen LogP contribution in [0.4, 0.5) is 0 Å². The van der Waals surface area contributed by atoms with Crippen LogP contribution in [-0.2, 0) is 6.42 Å². The van der Waals surface area contributed by atoms with Gasteiger partial charge in [-0.3, -0.25) is 0 Å². The van der Waals surface area contributed by atoms with Gasteiger partial charge in [-0.25, -0.2) is 0 Å². The van der Waals surface area contributed by atoms with E-state index in [4.69, 9.17) is 10.5 Å². The van der Waals surface area contributed by atoms with Crippen LogP contribution in [0.3, 0.4) is 0 Å². The molecule has 0 aliphatic carbocycles. The number of benzene rings is 2. The molecule has 0 aliphatic heterocycles. The second-order valence-corrected chi connectivity index (χ2v) is 5.55. The van der Waals surface area contributed by atoms with Gasteiger partial charge >= 0.3 is 0 Å². The lowest BCUT2D eigenvalue weighted by Gasteiger charge is -2.19. The molecule has 0 saturated heterocycles. The molecule has 0 amide bonds. The number of ether oxygens (including phenoxy) is 1. The van der Waals surface area contributed by atoms with Crippen molar-refractivity contribution in [3.8, 4) is 5.75 Å². The molecule has 0 radical (unpaired) electrons. The molecule has 0 bridgehead atoms. The minimum Gasteiger partial charge on any atom is -0.494 e. The van der Waals surface area contributed by atoms with E-state index in [1.165, 1.54) is 11.1 Å². The van der Waals surface area contributed by atoms with E-state index in [0.717, 1.165) is 16.6 Å². The molecule has 0 spiro atoms. The molecule has 0 fully saturated rings. The Bertz CT molecular complexity index is 556. The molecule has 2 rings (SSSR count). The van der Waals surface area contributed by atoms with Crippen molar-refractivity contribution < 1.29 is 4.74 Å². The third kappa shape index (κ3) is 3.62. The summed E-state index contributed by atoms with van der Waals surface area (Å²) < 4.78 is 6.85. The summed E-state index contributed by atoms with van der Waals surface area (Å²) in [4.78, 5) is 0. The summed E-state index contributed by atoms with van der Waals surface area (Å²) in [5.41, 5.74) is 8.46. The van der Waals surface area contributed by atoms with Gasteiger partial charge in [0.2, 0.25) is 0 Å². The van der Waals surface area contributed by atoms with Gasteiger partial charge in [0.1, 0.15) is 5.75 Å². The molecule has 2 nitrogen and oxygen atoms in total. The molecule has 2 aromatic carbocycles. The van der Waals surface area contributed by atoms with Crippen molar-refractivity contribution in [3.05, 3.63) is 64.1 Å². The Kier molecular flexibility index (Phi) is 5.62. The topological polar surface area (TPSA) is 35.2 Å². The maximum atomic E-state index is 6.00. The van der Waals surface area contributed by atoms with Crippen molar-refractivity contribution in [3.63, 3.8) is 0 Å². The smallest absolute Gasteiger partial charge is 0.122 e. The lowest BCUT2D eigenvalue weighted by Crippen LogP contribution is -2.16. The van der Waals surface area contributed by atoms with Gasteiger partial charge in [-0.1, -0.05) is 52.3 Å². The van der Waals surface area contributed by atoms with E-state index in [-0.39, 0.29) is 5.92 Å². The van der Waals surface area contributed by atoms with Crippen LogP contribution in [-0.4, -0.2) is 13.2 Å². The van der Waals surface area contributed by atoms with Crippen molar-refractivity contribution in [2.75, 3.05) is 13.2 Å². The first-order valence-electron chi connectivity index (χ1n) is 6.91. The maximum Gasteiger partial charge on any atom is 0.122 e. The first-order chi connectivity index (χ1) is 9.76. The lowest BCUT2D eigenvalue weighted by molar-refractivity contribution is 0.334. The average Bonchev–Trinajstić information content (AvgIpc) is 2.48. The van der Waals surface area contributed by atoms with E-state index in [2.05, 4.69) is 40.2 Å². The number of hydrogen-bond acceptors (Lipinski definition) is 2. The molecule has 2 aromatic rings. The summed E-state index contributed by atoms with van der Waals surface area (Å²) in [5.74, 6) is 1.20. The predicted octanol–water partition coefficient (Wildman–Crippen LogP) is 4.13. The Labute approximate surface area is 129 Å². The second-order valence-electron chi connectivity index (χ2n) is 4.70. The van der Waals surface area contributed by atoms with Gasteiger partial charge < -0.3 is 10.5 Å². The van der Waals surface area contributed by atoms with E-state index in [0.29, 0.717) is 13.2 Å². The molecular formula is C17H20BrNO. The molecule has 1 atom stereocenters. The number of rotatable bonds is 6. The fourth-order valence-electron chi connectivity index (χ4n) is 2.35. The highest BCUT2D eigenvalue weighted by Gasteiger charge is 2.16. The number of nitrogens with two attached hydrogens (primary N) is 1. The number of para-hydroxylation sites is 1. The maximum absolute atomic E-state index is 6.00. The van der Waals surface area contributed by atoms with Crippen LogP contribution in [0.5, 0.6) is 5.75 Å². The largest absolute Gasteiger partial charge is 0.494 e. The van der Waals surface area contributed by atoms with Crippen molar-refractivity contribution in [1.29, 1.82) is 0 Å². The standard InChI is InChI=1S/C17H20BrNO/c1-2-20-17-10-6-4-8-15(17)14(12-19)11-13-7-3-5-9-16(13)18/h3-10,14H,2,11-12,19H2,1H3. The molecule has 0 saturated carbocycles. The Morgan fingerprint density at radius 1 is 1.10 bits per heavy atom. The van der Waals surface area contributed by atoms with Gasteiger partial charge in [0, 0.05) is 10.4 Å². The summed E-state index contributed by atoms with van der Waals surface area (Å²) in [7, 11) is 0. The van der Waals surface area contributed by atoms with Gasteiger partial charge in [0.05, 0.1) is 6.61 Å². The second kappa shape index (κ2) is 7.46. The molecule has 2 N–H and O–H groups in total. The Morgan fingerprint density at radius 3 is 2.50 bits per heavy atom. The molecule has 1 unspecified atom stereocenters. The zero-order chi connectivity index (χ0) is 14.4. The summed E-state index contributed by atoms with van der Waals surface area (Å²) in [5, 5.41) is 0. The zero-order valence-electron chi connectivity index (χ0n) is 11.7. The van der Waals surface area contributed by atoms with E-state index in [1.54, 1.807) is 0 Å². The third-order valence-corrected chi connectivity index (χ3v) is 4.14. The van der Waals surface area contributed by atoms with E-state index in [1.807, 2.05) is 31.2 Å². The molecule has 20 heavy (non-hydrogen) atoms. The fraction of sp³-hybridized carbons (Fsp3) is 0.294. The number of hydrogen-bond donors (Lipinski definition) is 1. The highest BCUT2D eigenvalue weighted by molar-refractivity contribution is 9.10. The van der Waals surface area contributed by atoms with Crippen LogP contribution < -0.4 is 10.5 Å². The van der Waals surface area contributed by atoms with Crippen molar-refractivity contribution >= 4 is 15.9 Å². The van der Waals surface area contributed by atoms with E-state index >= 15 is 0 Å². The monoisotopic (exact) mass is 333 g/mol. The number of halogens is 1. The molecular weight excluding hydrogens is 314 g/mol. The minimum absolute atomic E-state index is 0.261. The third-order valence-electron chi connectivity index (χ3n) is 3.37. The summed E-state index contributed by atoms with van der Waals surface area (Å²) >= 11 is 3.60. The molecule has 106 valence electrons. The highest BCUT2D eigenvalue weighted by Crippen LogP contribution is 2.30. The molecule has 0 aliphatic rings. The fourth-order valence-corrected chi connectivity index (χ4v) is 2.80.